The summed E-state index contributed by atoms with van der Waals surface area (Å²) in [5, 5.41) is 10.4. The van der Waals surface area contributed by atoms with Gasteiger partial charge in [0.15, 0.2) is 0 Å². The fraction of sp³-hybridized carbons (Fsp3) is 0.680. The van der Waals surface area contributed by atoms with Crippen LogP contribution in [0.3, 0.4) is 0 Å². The highest BCUT2D eigenvalue weighted by Crippen LogP contribution is 2.46. The Hall–Kier alpha value is -2.72. The first-order chi connectivity index (χ1) is 16.9. The van der Waals surface area contributed by atoms with Gasteiger partial charge in [-0.05, 0) is 44.8 Å². The maximum absolute atomic E-state index is 10.4. The molecule has 0 aromatic carbocycles. The van der Waals surface area contributed by atoms with Crippen LogP contribution in [-0.4, -0.2) is 97.5 Å². The molecule has 3 aliphatic rings. The molecule has 5 heterocycles. The summed E-state index contributed by atoms with van der Waals surface area (Å²) in [6, 6.07) is 0. The first-order valence-corrected chi connectivity index (χ1v) is 12.7. The molecule has 1 unspecified atom stereocenters. The molecule has 3 aliphatic heterocycles. The monoisotopic (exact) mass is 482 g/mol. The average Bonchev–Trinajstić information content (AvgIpc) is 3.35. The minimum absolute atomic E-state index is 0.222. The van der Waals surface area contributed by atoms with Crippen molar-refractivity contribution in [2.45, 2.75) is 32.2 Å². The van der Waals surface area contributed by atoms with Crippen molar-refractivity contribution in [2.24, 2.45) is 11.3 Å². The summed E-state index contributed by atoms with van der Waals surface area (Å²) in [4.78, 5) is 27.3. The second kappa shape index (κ2) is 9.73. The van der Waals surface area contributed by atoms with Crippen LogP contribution in [0.25, 0.3) is 0 Å². The molecule has 1 spiro atoms. The molecule has 1 atom stereocenters. The molecule has 2 fully saturated rings. The molecular weight excluding hydrogens is 444 g/mol. The molecule has 10 heteroatoms. The highest BCUT2D eigenvalue weighted by atomic mass is 16.5. The average molecular weight is 483 g/mol. The fourth-order valence-corrected chi connectivity index (χ4v) is 5.75. The second-order valence-electron chi connectivity index (χ2n) is 10.6. The van der Waals surface area contributed by atoms with E-state index >= 15 is 0 Å². The predicted molar refractivity (Wildman–Crippen MR) is 136 cm³/mol. The van der Waals surface area contributed by atoms with Crippen molar-refractivity contribution in [3.63, 3.8) is 0 Å². The molecule has 5 rings (SSSR count). The molecule has 2 aromatic rings. The zero-order valence-electron chi connectivity index (χ0n) is 21.4. The minimum atomic E-state index is 0.222. The lowest BCUT2D eigenvalue weighted by Crippen LogP contribution is -2.53. The van der Waals surface area contributed by atoms with Crippen LogP contribution < -0.4 is 19.4 Å². The minimum Gasteiger partial charge on any atom is -0.477 e. The van der Waals surface area contributed by atoms with Crippen LogP contribution in [-0.2, 0) is 13.0 Å². The van der Waals surface area contributed by atoms with Gasteiger partial charge in [-0.15, -0.1) is 0 Å². The summed E-state index contributed by atoms with van der Waals surface area (Å²) >= 11 is 0. The number of anilines is 3. The van der Waals surface area contributed by atoms with E-state index < -0.39 is 0 Å². The van der Waals surface area contributed by atoms with E-state index in [1.54, 1.807) is 0 Å². The molecule has 0 saturated carbocycles. The van der Waals surface area contributed by atoms with Crippen molar-refractivity contribution in [3.8, 4) is 5.88 Å². The number of ether oxygens (including phenoxy) is 1. The number of aliphatic hydroxyl groups excluding tert-OH is 1. The molecule has 0 radical (unpaired) electrons. The summed E-state index contributed by atoms with van der Waals surface area (Å²) in [6.45, 7) is 5.46. The van der Waals surface area contributed by atoms with E-state index in [0.29, 0.717) is 30.9 Å². The number of hydrogen-bond donors (Lipinski definition) is 1. The van der Waals surface area contributed by atoms with Gasteiger partial charge < -0.3 is 29.4 Å². The van der Waals surface area contributed by atoms with Crippen molar-refractivity contribution < 1.29 is 9.84 Å². The molecule has 35 heavy (non-hydrogen) atoms. The Morgan fingerprint density at radius 1 is 1.06 bits per heavy atom. The Morgan fingerprint density at radius 3 is 2.46 bits per heavy atom. The van der Waals surface area contributed by atoms with E-state index in [2.05, 4.69) is 26.8 Å². The third-order valence-corrected chi connectivity index (χ3v) is 8.07. The van der Waals surface area contributed by atoms with Gasteiger partial charge in [-0.1, -0.05) is 0 Å². The van der Waals surface area contributed by atoms with Crippen molar-refractivity contribution in [2.75, 3.05) is 82.3 Å². The van der Waals surface area contributed by atoms with Gasteiger partial charge in [-0.25, -0.2) is 9.97 Å². The van der Waals surface area contributed by atoms with Crippen LogP contribution in [0.15, 0.2) is 12.4 Å². The normalized spacial score (nSPS) is 21.6. The highest BCUT2D eigenvalue weighted by Gasteiger charge is 2.45. The van der Waals surface area contributed by atoms with Gasteiger partial charge in [0.25, 0.3) is 0 Å². The largest absolute Gasteiger partial charge is 0.477 e. The number of hydrogen-bond acceptors (Lipinski definition) is 10. The maximum atomic E-state index is 10.4. The van der Waals surface area contributed by atoms with Gasteiger partial charge in [-0.3, -0.25) is 0 Å². The Kier molecular flexibility index (Phi) is 6.67. The summed E-state index contributed by atoms with van der Waals surface area (Å²) in [5.41, 5.74) is 2.33. The number of rotatable bonds is 6. The molecule has 0 aliphatic carbocycles. The molecular formula is C25H38N8O2. The van der Waals surface area contributed by atoms with Crippen LogP contribution in [0, 0.1) is 11.3 Å². The van der Waals surface area contributed by atoms with Crippen LogP contribution in [0.1, 0.15) is 30.4 Å². The Balaban J connectivity index is 1.37. The molecule has 10 nitrogen and oxygen atoms in total. The molecule has 0 amide bonds. The quantitative estimate of drug-likeness (QED) is 0.652. The number of fused-ring (bicyclic) bond motifs is 1. The van der Waals surface area contributed by atoms with Crippen LogP contribution in [0.5, 0.6) is 5.88 Å². The van der Waals surface area contributed by atoms with Crippen LogP contribution in [0.2, 0.25) is 0 Å². The molecule has 0 bridgehead atoms. The molecule has 2 aromatic heterocycles. The lowest BCUT2D eigenvalue weighted by atomic mass is 9.64. The van der Waals surface area contributed by atoms with Crippen molar-refractivity contribution in [1.29, 1.82) is 0 Å². The predicted octanol–water partition coefficient (Wildman–Crippen LogP) is 1.43. The Bertz CT molecular complexity index is 1020. The lowest BCUT2D eigenvalue weighted by Gasteiger charge is -2.51. The van der Waals surface area contributed by atoms with Crippen molar-refractivity contribution in [3.05, 3.63) is 23.5 Å². The summed E-state index contributed by atoms with van der Waals surface area (Å²) in [7, 11) is 8.04. The molecule has 2 saturated heterocycles. The summed E-state index contributed by atoms with van der Waals surface area (Å²) < 4.78 is 5.90. The summed E-state index contributed by atoms with van der Waals surface area (Å²) in [6.07, 6.45) is 7.94. The maximum Gasteiger partial charge on any atom is 0.230 e. The fourth-order valence-electron chi connectivity index (χ4n) is 5.75. The first-order valence-electron chi connectivity index (χ1n) is 12.7. The zero-order chi connectivity index (χ0) is 24.6. The van der Waals surface area contributed by atoms with Gasteiger partial charge in [0.1, 0.15) is 5.82 Å². The van der Waals surface area contributed by atoms with Crippen molar-refractivity contribution in [1.82, 2.24) is 24.8 Å². The van der Waals surface area contributed by atoms with E-state index in [9.17, 15) is 5.11 Å². The number of likely N-dealkylation sites (tertiary alicyclic amines) is 1. The van der Waals surface area contributed by atoms with E-state index in [-0.39, 0.29) is 17.9 Å². The number of piperidine rings is 2. The third kappa shape index (κ3) is 4.73. The van der Waals surface area contributed by atoms with Crippen LogP contribution >= 0.6 is 0 Å². The lowest BCUT2D eigenvalue weighted by molar-refractivity contribution is 0.00945. The standard InChI is InChI=1S/C25H38N8O2/c1-30(2)23-26-13-18(14-27-23)15-32(4)24-28-21(20-5-12-35-22(20)29-24)33-11-8-25(19(16-33)17-34)6-9-31(3)10-7-25/h13-14,19,34H,5-12,15-17H2,1-4H3. The topological polar surface area (TPSA) is 94.0 Å². The SMILES string of the molecule is CN1CCC2(CC1)CCN(c1nc(N(C)Cc3cnc(N(C)C)nc3)nc3c1CCO3)CC2CO. The Morgan fingerprint density at radius 2 is 1.77 bits per heavy atom. The molecule has 190 valence electrons. The second-order valence-corrected chi connectivity index (χ2v) is 10.6. The van der Waals surface area contributed by atoms with Gasteiger partial charge in [-0.2, -0.15) is 9.97 Å². The van der Waals surface area contributed by atoms with E-state index in [1.807, 2.05) is 43.3 Å². The van der Waals surface area contributed by atoms with Crippen LogP contribution in [0.4, 0.5) is 17.7 Å². The summed E-state index contributed by atoms with van der Waals surface area (Å²) in [5.74, 6) is 3.24. The number of nitrogens with zero attached hydrogens (tertiary/aromatic N) is 8. The number of aromatic nitrogens is 4. The zero-order valence-corrected chi connectivity index (χ0v) is 21.4. The van der Waals surface area contributed by atoms with E-state index in [4.69, 9.17) is 14.7 Å². The Labute approximate surface area is 208 Å². The third-order valence-electron chi connectivity index (χ3n) is 8.07. The van der Waals surface area contributed by atoms with Gasteiger partial charge in [0.2, 0.25) is 17.8 Å². The first kappa shape index (κ1) is 24.0. The molecule has 1 N–H and O–H groups in total. The van der Waals surface area contributed by atoms with E-state index in [0.717, 1.165) is 68.8 Å². The van der Waals surface area contributed by atoms with Gasteiger partial charge in [0.05, 0.1) is 12.2 Å². The van der Waals surface area contributed by atoms with Gasteiger partial charge >= 0.3 is 0 Å². The highest BCUT2D eigenvalue weighted by molar-refractivity contribution is 5.57. The number of aliphatic hydroxyl groups is 1. The van der Waals surface area contributed by atoms with Gasteiger partial charge in [0, 0.05) is 77.7 Å². The van der Waals surface area contributed by atoms with E-state index in [1.165, 1.54) is 0 Å². The van der Waals surface area contributed by atoms with Crippen molar-refractivity contribution >= 4 is 17.7 Å². The smallest absolute Gasteiger partial charge is 0.230 e.